The van der Waals surface area contributed by atoms with Gasteiger partial charge in [0.05, 0.1) is 12.2 Å². The number of aromatic hydroxyl groups is 1. The van der Waals surface area contributed by atoms with E-state index < -0.39 is 0 Å². The summed E-state index contributed by atoms with van der Waals surface area (Å²) in [6.07, 6.45) is 0. The summed E-state index contributed by atoms with van der Waals surface area (Å²) < 4.78 is 5.40. The fraction of sp³-hybridized carbons (Fsp3) is 0.353. The van der Waals surface area contributed by atoms with Crippen LogP contribution in [0.1, 0.15) is 24.2 Å². The number of phenolic OH excluding ortho intramolecular Hbond substituents is 1. The third-order valence-corrected chi connectivity index (χ3v) is 3.13. The topological polar surface area (TPSA) is 58.6 Å². The normalized spacial score (nSPS) is 11.0. The molecule has 0 aliphatic carbocycles. The lowest BCUT2D eigenvalue weighted by molar-refractivity contribution is 0.0884. The molecule has 2 N–H and O–H groups in total. The summed E-state index contributed by atoms with van der Waals surface area (Å²) in [4.78, 5) is 12.1. The standard InChI is InChI=1S/C17H21NO3/c1-12(2)11-21-10-9-18-17(20)15-8-7-13-5-3-4-6-14(13)16(15)19/h3-8,12,19H,9-11H2,1-2H3,(H,18,20). The van der Waals surface area contributed by atoms with Crippen molar-refractivity contribution in [2.75, 3.05) is 19.8 Å². The fourth-order valence-corrected chi connectivity index (χ4v) is 2.09. The van der Waals surface area contributed by atoms with E-state index in [1.165, 1.54) is 0 Å². The molecule has 21 heavy (non-hydrogen) atoms. The molecule has 0 atom stereocenters. The lowest BCUT2D eigenvalue weighted by Crippen LogP contribution is -2.27. The largest absolute Gasteiger partial charge is 0.506 e. The van der Waals surface area contributed by atoms with Crippen LogP contribution in [0.15, 0.2) is 36.4 Å². The van der Waals surface area contributed by atoms with Crippen LogP contribution in [0.2, 0.25) is 0 Å². The number of hydrogen-bond acceptors (Lipinski definition) is 3. The average molecular weight is 287 g/mol. The van der Waals surface area contributed by atoms with Gasteiger partial charge >= 0.3 is 0 Å². The molecule has 112 valence electrons. The number of phenols is 1. The molecule has 2 rings (SSSR count). The Hall–Kier alpha value is -2.07. The smallest absolute Gasteiger partial charge is 0.255 e. The van der Waals surface area contributed by atoms with Crippen molar-refractivity contribution in [3.05, 3.63) is 42.0 Å². The second-order valence-electron chi connectivity index (χ2n) is 5.41. The van der Waals surface area contributed by atoms with Gasteiger partial charge in [-0.2, -0.15) is 0 Å². The van der Waals surface area contributed by atoms with Crippen LogP contribution in [0, 0.1) is 5.92 Å². The van der Waals surface area contributed by atoms with Gasteiger partial charge in [0.1, 0.15) is 5.75 Å². The van der Waals surface area contributed by atoms with Crippen LogP contribution >= 0.6 is 0 Å². The van der Waals surface area contributed by atoms with E-state index in [0.717, 1.165) is 5.39 Å². The van der Waals surface area contributed by atoms with Crippen molar-refractivity contribution in [3.63, 3.8) is 0 Å². The molecule has 0 unspecified atom stereocenters. The number of benzene rings is 2. The van der Waals surface area contributed by atoms with Crippen LogP contribution in [0.25, 0.3) is 10.8 Å². The van der Waals surface area contributed by atoms with E-state index >= 15 is 0 Å². The summed E-state index contributed by atoms with van der Waals surface area (Å²) in [6, 6.07) is 10.9. The van der Waals surface area contributed by atoms with E-state index in [4.69, 9.17) is 4.74 Å². The molecule has 0 aliphatic rings. The molecule has 2 aromatic carbocycles. The van der Waals surface area contributed by atoms with Gasteiger partial charge in [-0.05, 0) is 17.4 Å². The van der Waals surface area contributed by atoms with Crippen LogP contribution < -0.4 is 5.32 Å². The Kier molecular flexibility index (Phi) is 5.17. The second kappa shape index (κ2) is 7.09. The summed E-state index contributed by atoms with van der Waals surface area (Å²) in [7, 11) is 0. The monoisotopic (exact) mass is 287 g/mol. The molecule has 0 saturated heterocycles. The zero-order chi connectivity index (χ0) is 15.2. The number of nitrogens with one attached hydrogen (secondary N) is 1. The average Bonchev–Trinajstić information content (AvgIpc) is 2.47. The summed E-state index contributed by atoms with van der Waals surface area (Å²) in [5.41, 5.74) is 0.289. The van der Waals surface area contributed by atoms with E-state index in [1.54, 1.807) is 12.1 Å². The van der Waals surface area contributed by atoms with Crippen molar-refractivity contribution in [2.24, 2.45) is 5.92 Å². The first kappa shape index (κ1) is 15.3. The Morgan fingerprint density at radius 3 is 2.76 bits per heavy atom. The van der Waals surface area contributed by atoms with E-state index in [0.29, 0.717) is 31.1 Å². The van der Waals surface area contributed by atoms with E-state index in [-0.39, 0.29) is 17.2 Å². The minimum atomic E-state index is -0.286. The van der Waals surface area contributed by atoms with Gasteiger partial charge < -0.3 is 15.2 Å². The lowest BCUT2D eigenvalue weighted by Gasteiger charge is -2.10. The van der Waals surface area contributed by atoms with Gasteiger partial charge in [-0.1, -0.05) is 44.2 Å². The first-order chi connectivity index (χ1) is 10.1. The maximum atomic E-state index is 12.1. The zero-order valence-electron chi connectivity index (χ0n) is 12.4. The van der Waals surface area contributed by atoms with E-state index in [2.05, 4.69) is 19.2 Å². The second-order valence-corrected chi connectivity index (χ2v) is 5.41. The highest BCUT2D eigenvalue weighted by molar-refractivity contribution is 6.03. The molecule has 0 spiro atoms. The Morgan fingerprint density at radius 1 is 1.24 bits per heavy atom. The Morgan fingerprint density at radius 2 is 2.00 bits per heavy atom. The maximum absolute atomic E-state index is 12.1. The zero-order valence-corrected chi connectivity index (χ0v) is 12.4. The fourth-order valence-electron chi connectivity index (χ4n) is 2.09. The van der Waals surface area contributed by atoms with Crippen molar-refractivity contribution < 1.29 is 14.6 Å². The molecule has 1 amide bonds. The minimum Gasteiger partial charge on any atom is -0.506 e. The lowest BCUT2D eigenvalue weighted by atomic mass is 10.0. The third-order valence-electron chi connectivity index (χ3n) is 3.13. The quantitative estimate of drug-likeness (QED) is 0.803. The molecule has 0 heterocycles. The highest BCUT2D eigenvalue weighted by Crippen LogP contribution is 2.28. The van der Waals surface area contributed by atoms with Gasteiger partial charge in [0.2, 0.25) is 0 Å². The summed E-state index contributed by atoms with van der Waals surface area (Å²) in [6.45, 7) is 5.73. The summed E-state index contributed by atoms with van der Waals surface area (Å²) in [5, 5.41) is 14.5. The number of rotatable bonds is 6. The Balaban J connectivity index is 1.98. The predicted octanol–water partition coefficient (Wildman–Crippen LogP) is 2.95. The highest BCUT2D eigenvalue weighted by atomic mass is 16.5. The van der Waals surface area contributed by atoms with E-state index in [1.807, 2.05) is 24.3 Å². The van der Waals surface area contributed by atoms with E-state index in [9.17, 15) is 9.90 Å². The molecule has 4 heteroatoms. The van der Waals surface area contributed by atoms with Gasteiger partial charge in [-0.3, -0.25) is 4.79 Å². The van der Waals surface area contributed by atoms with Crippen LogP contribution in [-0.2, 0) is 4.74 Å². The van der Waals surface area contributed by atoms with Crippen molar-refractivity contribution >= 4 is 16.7 Å². The van der Waals surface area contributed by atoms with Gasteiger partial charge in [0, 0.05) is 18.5 Å². The molecule has 0 aromatic heterocycles. The number of fused-ring (bicyclic) bond motifs is 1. The minimum absolute atomic E-state index is 0.0219. The Bertz CT molecular complexity index is 622. The Labute approximate surface area is 124 Å². The van der Waals surface area contributed by atoms with Crippen LogP contribution in [0.5, 0.6) is 5.75 Å². The number of carbonyl (C=O) groups excluding carboxylic acids is 1. The van der Waals surface area contributed by atoms with Crippen molar-refractivity contribution in [3.8, 4) is 5.75 Å². The predicted molar refractivity (Wildman–Crippen MR) is 83.6 cm³/mol. The third kappa shape index (κ3) is 3.95. The van der Waals surface area contributed by atoms with Crippen molar-refractivity contribution in [2.45, 2.75) is 13.8 Å². The molecule has 2 aromatic rings. The molecule has 0 aliphatic heterocycles. The molecule has 0 saturated carbocycles. The number of carbonyl (C=O) groups is 1. The van der Waals surface area contributed by atoms with Crippen LogP contribution in [0.3, 0.4) is 0 Å². The highest BCUT2D eigenvalue weighted by Gasteiger charge is 2.13. The number of ether oxygens (including phenoxy) is 1. The molecule has 0 fully saturated rings. The summed E-state index contributed by atoms with van der Waals surface area (Å²) >= 11 is 0. The molecule has 0 bridgehead atoms. The van der Waals surface area contributed by atoms with Crippen molar-refractivity contribution in [1.82, 2.24) is 5.32 Å². The van der Waals surface area contributed by atoms with Crippen LogP contribution in [0.4, 0.5) is 0 Å². The maximum Gasteiger partial charge on any atom is 0.255 e. The van der Waals surface area contributed by atoms with Gasteiger partial charge in [0.25, 0.3) is 5.91 Å². The first-order valence-electron chi connectivity index (χ1n) is 7.16. The summed E-state index contributed by atoms with van der Waals surface area (Å²) in [5.74, 6) is 0.213. The molecule has 0 radical (unpaired) electrons. The van der Waals surface area contributed by atoms with Crippen LogP contribution in [-0.4, -0.2) is 30.8 Å². The number of amides is 1. The van der Waals surface area contributed by atoms with Gasteiger partial charge in [-0.25, -0.2) is 0 Å². The molecular weight excluding hydrogens is 266 g/mol. The molecular formula is C17H21NO3. The number of hydrogen-bond donors (Lipinski definition) is 2. The first-order valence-corrected chi connectivity index (χ1v) is 7.16. The SMILES string of the molecule is CC(C)COCCNC(=O)c1ccc2ccccc2c1O. The van der Waals surface area contributed by atoms with Gasteiger partial charge in [-0.15, -0.1) is 0 Å². The molecule has 4 nitrogen and oxygen atoms in total. The van der Waals surface area contributed by atoms with Gasteiger partial charge in [0.15, 0.2) is 0 Å². The van der Waals surface area contributed by atoms with Crippen molar-refractivity contribution in [1.29, 1.82) is 0 Å².